The van der Waals surface area contributed by atoms with Gasteiger partial charge < -0.3 is 19.7 Å². The summed E-state index contributed by atoms with van der Waals surface area (Å²) in [5, 5.41) is 2.53. The Balaban J connectivity index is 1.45. The van der Waals surface area contributed by atoms with Gasteiger partial charge in [0.25, 0.3) is 5.91 Å². The second kappa shape index (κ2) is 6.97. The van der Waals surface area contributed by atoms with Crippen molar-refractivity contribution < 1.29 is 18.7 Å². The van der Waals surface area contributed by atoms with Crippen LogP contribution < -0.4 is 10.2 Å². The van der Waals surface area contributed by atoms with E-state index in [9.17, 15) is 9.18 Å². The minimum atomic E-state index is -0.493. The molecule has 1 amide bonds. The summed E-state index contributed by atoms with van der Waals surface area (Å²) in [4.78, 5) is 22.7. The number of amides is 1. The lowest BCUT2D eigenvalue weighted by Crippen LogP contribution is -2.45. The number of ether oxygens (including phenoxy) is 2. The molecule has 8 heteroatoms. The predicted octanol–water partition coefficient (Wildman–Crippen LogP) is 2.21. The number of nitrogens with zero attached hydrogens (tertiary/aromatic N) is 3. The van der Waals surface area contributed by atoms with Gasteiger partial charge in [-0.1, -0.05) is 12.1 Å². The van der Waals surface area contributed by atoms with Crippen LogP contribution in [0.25, 0.3) is 0 Å². The van der Waals surface area contributed by atoms with Crippen molar-refractivity contribution in [3.05, 3.63) is 48.2 Å². The van der Waals surface area contributed by atoms with E-state index >= 15 is 0 Å². The van der Waals surface area contributed by atoms with Crippen molar-refractivity contribution >= 4 is 17.4 Å². The van der Waals surface area contributed by atoms with E-state index in [1.165, 1.54) is 18.5 Å². The van der Waals surface area contributed by atoms with Gasteiger partial charge in [0.15, 0.2) is 5.79 Å². The fraction of sp³-hybridized carbons (Fsp3) is 0.389. The van der Waals surface area contributed by atoms with Crippen LogP contribution in [0.3, 0.4) is 0 Å². The van der Waals surface area contributed by atoms with Crippen LogP contribution in [-0.2, 0) is 9.47 Å². The van der Waals surface area contributed by atoms with Gasteiger partial charge in [0.05, 0.1) is 18.9 Å². The SMILES string of the molecule is O=C(Nc1ccccc1F)c1cc(N2CCC3(CC2)OCCO3)ncn1. The largest absolute Gasteiger partial charge is 0.356 e. The van der Waals surface area contributed by atoms with E-state index in [1.807, 2.05) is 0 Å². The van der Waals surface area contributed by atoms with Crippen molar-refractivity contribution in [1.29, 1.82) is 0 Å². The molecule has 1 N–H and O–H groups in total. The average Bonchev–Trinajstić information content (AvgIpc) is 3.12. The first-order valence-corrected chi connectivity index (χ1v) is 8.56. The number of anilines is 2. The third kappa shape index (κ3) is 3.38. The molecule has 2 fully saturated rings. The first-order valence-electron chi connectivity index (χ1n) is 8.56. The lowest BCUT2D eigenvalue weighted by molar-refractivity contribution is -0.169. The second-order valence-corrected chi connectivity index (χ2v) is 6.29. The van der Waals surface area contributed by atoms with Gasteiger partial charge in [-0.05, 0) is 12.1 Å². The summed E-state index contributed by atoms with van der Waals surface area (Å²) >= 11 is 0. The maximum atomic E-state index is 13.7. The quantitative estimate of drug-likeness (QED) is 0.907. The number of hydrogen-bond acceptors (Lipinski definition) is 6. The van der Waals surface area contributed by atoms with Crippen molar-refractivity contribution in [2.24, 2.45) is 0 Å². The third-order valence-corrected chi connectivity index (χ3v) is 4.67. The van der Waals surface area contributed by atoms with Crippen LogP contribution in [0.1, 0.15) is 23.3 Å². The fourth-order valence-corrected chi connectivity index (χ4v) is 3.26. The molecule has 0 bridgehead atoms. The average molecular weight is 358 g/mol. The number of benzene rings is 1. The molecule has 1 spiro atoms. The highest BCUT2D eigenvalue weighted by Gasteiger charge is 2.40. The van der Waals surface area contributed by atoms with Crippen molar-refractivity contribution in [1.82, 2.24) is 9.97 Å². The molecule has 2 aromatic rings. The van der Waals surface area contributed by atoms with Gasteiger partial charge in [-0.2, -0.15) is 0 Å². The molecule has 136 valence electrons. The number of aromatic nitrogens is 2. The molecule has 2 aliphatic rings. The summed E-state index contributed by atoms with van der Waals surface area (Å²) in [7, 11) is 0. The number of rotatable bonds is 3. The van der Waals surface area contributed by atoms with Crippen LogP contribution >= 0.6 is 0 Å². The number of piperidine rings is 1. The Morgan fingerprint density at radius 1 is 1.15 bits per heavy atom. The monoisotopic (exact) mass is 358 g/mol. The summed E-state index contributed by atoms with van der Waals surface area (Å²) in [5.41, 5.74) is 0.306. The molecule has 2 aliphatic heterocycles. The molecule has 0 aliphatic carbocycles. The van der Waals surface area contributed by atoms with Crippen LogP contribution in [0.5, 0.6) is 0 Å². The Morgan fingerprint density at radius 2 is 1.88 bits per heavy atom. The number of para-hydroxylation sites is 1. The molecule has 0 atom stereocenters. The third-order valence-electron chi connectivity index (χ3n) is 4.67. The summed E-state index contributed by atoms with van der Waals surface area (Å²) in [6, 6.07) is 7.62. The Bertz CT molecular complexity index is 801. The topological polar surface area (TPSA) is 76.6 Å². The summed E-state index contributed by atoms with van der Waals surface area (Å²) in [6.45, 7) is 2.69. The highest BCUT2D eigenvalue weighted by atomic mass is 19.1. The molecule has 26 heavy (non-hydrogen) atoms. The van der Waals surface area contributed by atoms with Crippen molar-refractivity contribution in [2.75, 3.05) is 36.5 Å². The van der Waals surface area contributed by atoms with Crippen molar-refractivity contribution in [3.63, 3.8) is 0 Å². The smallest absolute Gasteiger partial charge is 0.274 e. The first kappa shape index (κ1) is 16.9. The first-order chi connectivity index (χ1) is 12.7. The molecule has 0 saturated carbocycles. The zero-order valence-corrected chi connectivity index (χ0v) is 14.2. The van der Waals surface area contributed by atoms with Crippen LogP contribution in [-0.4, -0.2) is 48.0 Å². The van der Waals surface area contributed by atoms with Gasteiger partial charge in [0, 0.05) is 32.0 Å². The number of halogens is 1. The van der Waals surface area contributed by atoms with Gasteiger partial charge in [0.1, 0.15) is 23.7 Å². The van der Waals surface area contributed by atoms with Gasteiger partial charge in [-0.3, -0.25) is 4.79 Å². The minimum Gasteiger partial charge on any atom is -0.356 e. The van der Waals surface area contributed by atoms with Crippen LogP contribution in [0.4, 0.5) is 15.9 Å². The molecule has 2 saturated heterocycles. The molecular weight excluding hydrogens is 339 g/mol. The summed E-state index contributed by atoms with van der Waals surface area (Å²) in [5.74, 6) is -0.775. The van der Waals surface area contributed by atoms with Crippen LogP contribution in [0.15, 0.2) is 36.7 Å². The fourth-order valence-electron chi connectivity index (χ4n) is 3.26. The number of hydrogen-bond donors (Lipinski definition) is 1. The molecule has 1 aromatic carbocycles. The molecule has 0 unspecified atom stereocenters. The number of carbonyl (C=O) groups excluding carboxylic acids is 1. The molecule has 3 heterocycles. The zero-order chi connectivity index (χ0) is 18.0. The molecule has 1 aromatic heterocycles. The van der Waals surface area contributed by atoms with Gasteiger partial charge in [-0.25, -0.2) is 14.4 Å². The standard InChI is InChI=1S/C18H19FN4O3/c19-13-3-1-2-4-14(13)22-17(24)15-11-16(21-12-20-15)23-7-5-18(6-8-23)25-9-10-26-18/h1-4,11-12H,5-10H2,(H,22,24). The molecular formula is C18H19FN4O3. The summed E-state index contributed by atoms with van der Waals surface area (Å²) < 4.78 is 25.1. The molecule has 4 rings (SSSR count). The van der Waals surface area contributed by atoms with E-state index in [0.29, 0.717) is 32.1 Å². The van der Waals surface area contributed by atoms with Gasteiger partial charge in [0.2, 0.25) is 0 Å². The zero-order valence-electron chi connectivity index (χ0n) is 14.2. The van der Waals surface area contributed by atoms with E-state index < -0.39 is 17.5 Å². The van der Waals surface area contributed by atoms with E-state index in [0.717, 1.165) is 12.8 Å². The molecule has 0 radical (unpaired) electrons. The Morgan fingerprint density at radius 3 is 2.62 bits per heavy atom. The van der Waals surface area contributed by atoms with E-state index in [1.54, 1.807) is 18.2 Å². The predicted molar refractivity (Wildman–Crippen MR) is 92.5 cm³/mol. The Labute approximate surface area is 150 Å². The highest BCUT2D eigenvalue weighted by Crippen LogP contribution is 2.32. The van der Waals surface area contributed by atoms with Crippen LogP contribution in [0.2, 0.25) is 0 Å². The van der Waals surface area contributed by atoms with E-state index in [4.69, 9.17) is 9.47 Å². The Hall–Kier alpha value is -2.58. The second-order valence-electron chi connectivity index (χ2n) is 6.29. The maximum absolute atomic E-state index is 13.7. The Kier molecular flexibility index (Phi) is 4.52. The van der Waals surface area contributed by atoms with Crippen LogP contribution in [0, 0.1) is 5.82 Å². The van der Waals surface area contributed by atoms with Gasteiger partial charge in [-0.15, -0.1) is 0 Å². The van der Waals surface area contributed by atoms with E-state index in [2.05, 4.69) is 20.2 Å². The minimum absolute atomic E-state index is 0.119. The number of carbonyl (C=O) groups is 1. The molecule has 7 nitrogen and oxygen atoms in total. The lowest BCUT2D eigenvalue weighted by Gasteiger charge is -2.38. The van der Waals surface area contributed by atoms with E-state index in [-0.39, 0.29) is 11.4 Å². The number of nitrogens with one attached hydrogen (secondary N) is 1. The maximum Gasteiger partial charge on any atom is 0.274 e. The normalized spacial score (nSPS) is 18.9. The van der Waals surface area contributed by atoms with Crippen molar-refractivity contribution in [3.8, 4) is 0 Å². The van der Waals surface area contributed by atoms with Gasteiger partial charge >= 0.3 is 0 Å². The highest BCUT2D eigenvalue weighted by molar-refractivity contribution is 6.03. The lowest BCUT2D eigenvalue weighted by atomic mass is 10.0. The van der Waals surface area contributed by atoms with Crippen molar-refractivity contribution in [2.45, 2.75) is 18.6 Å². The summed E-state index contributed by atoms with van der Waals surface area (Å²) in [6.07, 6.45) is 2.83.